The highest BCUT2D eigenvalue weighted by Gasteiger charge is 1.92. The van der Waals surface area contributed by atoms with Gasteiger partial charge in [0.25, 0.3) is 0 Å². The fraction of sp³-hybridized carbons (Fsp3) is 0.286. The SMILES string of the molecule is C=C(/C=C(\C)Nc1ccccc1)CCC. The van der Waals surface area contributed by atoms with E-state index in [1.54, 1.807) is 0 Å². The molecular weight excluding hydrogens is 182 g/mol. The van der Waals surface area contributed by atoms with Crippen molar-refractivity contribution < 1.29 is 0 Å². The van der Waals surface area contributed by atoms with E-state index in [1.807, 2.05) is 18.2 Å². The van der Waals surface area contributed by atoms with Crippen LogP contribution in [0.5, 0.6) is 0 Å². The molecule has 1 N–H and O–H groups in total. The average Bonchev–Trinajstić information content (AvgIpc) is 2.19. The molecule has 0 saturated heterocycles. The monoisotopic (exact) mass is 201 g/mol. The smallest absolute Gasteiger partial charge is 0.0381 e. The predicted molar refractivity (Wildman–Crippen MR) is 67.9 cm³/mol. The van der Waals surface area contributed by atoms with Crippen molar-refractivity contribution in [3.8, 4) is 0 Å². The van der Waals surface area contributed by atoms with Crippen molar-refractivity contribution in [1.29, 1.82) is 0 Å². The third-order valence-corrected chi connectivity index (χ3v) is 2.11. The predicted octanol–water partition coefficient (Wildman–Crippen LogP) is 4.36. The summed E-state index contributed by atoms with van der Waals surface area (Å²) in [5.41, 5.74) is 3.44. The van der Waals surface area contributed by atoms with Gasteiger partial charge in [0.15, 0.2) is 0 Å². The summed E-state index contributed by atoms with van der Waals surface area (Å²) in [5, 5.41) is 3.33. The number of hydrogen-bond acceptors (Lipinski definition) is 1. The van der Waals surface area contributed by atoms with Gasteiger partial charge in [0.2, 0.25) is 0 Å². The average molecular weight is 201 g/mol. The highest BCUT2D eigenvalue weighted by molar-refractivity contribution is 5.48. The van der Waals surface area contributed by atoms with Crippen LogP contribution in [0.1, 0.15) is 26.7 Å². The molecule has 0 fully saturated rings. The van der Waals surface area contributed by atoms with Crippen molar-refractivity contribution in [3.05, 3.63) is 54.3 Å². The molecule has 80 valence electrons. The fourth-order valence-electron chi connectivity index (χ4n) is 1.48. The number of nitrogens with one attached hydrogen (secondary N) is 1. The number of anilines is 1. The number of benzene rings is 1. The van der Waals surface area contributed by atoms with Crippen molar-refractivity contribution in [1.82, 2.24) is 0 Å². The molecule has 0 atom stereocenters. The minimum absolute atomic E-state index is 1.06. The van der Waals surface area contributed by atoms with Gasteiger partial charge in [-0.05, 0) is 31.6 Å². The molecule has 0 radical (unpaired) electrons. The molecule has 0 aliphatic rings. The third kappa shape index (κ3) is 4.50. The van der Waals surface area contributed by atoms with Gasteiger partial charge < -0.3 is 5.32 Å². The lowest BCUT2D eigenvalue weighted by atomic mass is 10.1. The molecule has 0 aromatic heterocycles. The molecule has 15 heavy (non-hydrogen) atoms. The first kappa shape index (κ1) is 11.6. The van der Waals surface area contributed by atoms with Gasteiger partial charge in [-0.3, -0.25) is 0 Å². The van der Waals surface area contributed by atoms with Crippen molar-refractivity contribution in [2.75, 3.05) is 5.32 Å². The standard InChI is InChI=1S/C14H19N/c1-4-8-12(2)11-13(3)15-14-9-6-5-7-10-14/h5-7,9-11,15H,2,4,8H2,1,3H3/b13-11+. The lowest BCUT2D eigenvalue weighted by Crippen LogP contribution is -1.95. The third-order valence-electron chi connectivity index (χ3n) is 2.11. The van der Waals surface area contributed by atoms with E-state index in [9.17, 15) is 0 Å². The molecular formula is C14H19N. The van der Waals surface area contributed by atoms with Crippen molar-refractivity contribution >= 4 is 5.69 Å². The minimum Gasteiger partial charge on any atom is -0.359 e. The number of rotatable bonds is 5. The molecule has 0 amide bonds. The molecule has 0 aliphatic heterocycles. The molecule has 0 heterocycles. The largest absolute Gasteiger partial charge is 0.359 e. The fourth-order valence-corrected chi connectivity index (χ4v) is 1.48. The summed E-state index contributed by atoms with van der Waals surface area (Å²) in [5.74, 6) is 0. The van der Waals surface area contributed by atoms with Gasteiger partial charge in [0.05, 0.1) is 0 Å². The zero-order valence-corrected chi connectivity index (χ0v) is 9.59. The van der Waals surface area contributed by atoms with Crippen molar-refractivity contribution in [3.63, 3.8) is 0 Å². The Labute approximate surface area is 92.5 Å². The molecule has 1 nitrogen and oxygen atoms in total. The molecule has 0 unspecified atom stereocenters. The van der Waals surface area contributed by atoms with Crippen LogP contribution in [0.2, 0.25) is 0 Å². The molecule has 1 aromatic rings. The highest BCUT2D eigenvalue weighted by atomic mass is 14.9. The van der Waals surface area contributed by atoms with Crippen LogP contribution in [0.4, 0.5) is 5.69 Å². The maximum Gasteiger partial charge on any atom is 0.0381 e. The van der Waals surface area contributed by atoms with Gasteiger partial charge in [-0.25, -0.2) is 0 Å². The Morgan fingerprint density at radius 3 is 2.60 bits per heavy atom. The lowest BCUT2D eigenvalue weighted by molar-refractivity contribution is 0.927. The van der Waals surface area contributed by atoms with Crippen LogP contribution in [0.3, 0.4) is 0 Å². The van der Waals surface area contributed by atoms with Gasteiger partial charge in [0.1, 0.15) is 0 Å². The Morgan fingerprint density at radius 2 is 2.00 bits per heavy atom. The van der Waals surface area contributed by atoms with Gasteiger partial charge >= 0.3 is 0 Å². The maximum absolute atomic E-state index is 4.01. The van der Waals surface area contributed by atoms with Gasteiger partial charge in [-0.2, -0.15) is 0 Å². The van der Waals surface area contributed by atoms with Crippen LogP contribution in [0.15, 0.2) is 54.3 Å². The highest BCUT2D eigenvalue weighted by Crippen LogP contribution is 2.11. The number of hydrogen-bond donors (Lipinski definition) is 1. The van der Waals surface area contributed by atoms with E-state index in [1.165, 1.54) is 5.57 Å². The Kier molecular flexibility index (Phi) is 4.69. The van der Waals surface area contributed by atoms with E-state index in [4.69, 9.17) is 0 Å². The normalized spacial score (nSPS) is 11.2. The summed E-state index contributed by atoms with van der Waals surface area (Å²) >= 11 is 0. The molecule has 1 heteroatoms. The summed E-state index contributed by atoms with van der Waals surface area (Å²) in [7, 11) is 0. The summed E-state index contributed by atoms with van der Waals surface area (Å²) in [6.07, 6.45) is 4.32. The zero-order valence-electron chi connectivity index (χ0n) is 9.59. The summed E-state index contributed by atoms with van der Waals surface area (Å²) in [6, 6.07) is 10.2. The first-order chi connectivity index (χ1) is 7.22. The van der Waals surface area contributed by atoms with Gasteiger partial charge in [0, 0.05) is 11.4 Å². The van der Waals surface area contributed by atoms with E-state index in [2.05, 4.69) is 44.0 Å². The van der Waals surface area contributed by atoms with E-state index in [0.29, 0.717) is 0 Å². The van der Waals surface area contributed by atoms with Crippen LogP contribution in [0.25, 0.3) is 0 Å². The number of para-hydroxylation sites is 1. The van der Waals surface area contributed by atoms with Crippen LogP contribution in [-0.4, -0.2) is 0 Å². The molecule has 0 spiro atoms. The summed E-state index contributed by atoms with van der Waals surface area (Å²) < 4.78 is 0. The molecule has 0 saturated carbocycles. The van der Waals surface area contributed by atoms with Crippen molar-refractivity contribution in [2.24, 2.45) is 0 Å². The topological polar surface area (TPSA) is 12.0 Å². The molecule has 1 aromatic carbocycles. The van der Waals surface area contributed by atoms with E-state index in [0.717, 1.165) is 24.2 Å². The van der Waals surface area contributed by atoms with Crippen LogP contribution in [-0.2, 0) is 0 Å². The Morgan fingerprint density at radius 1 is 1.33 bits per heavy atom. The Balaban J connectivity index is 2.55. The second-order valence-electron chi connectivity index (χ2n) is 3.73. The van der Waals surface area contributed by atoms with Gasteiger partial charge in [-0.15, -0.1) is 0 Å². The minimum atomic E-state index is 1.06. The molecule has 1 rings (SSSR count). The number of allylic oxidation sites excluding steroid dienone is 3. The van der Waals surface area contributed by atoms with E-state index in [-0.39, 0.29) is 0 Å². The first-order valence-electron chi connectivity index (χ1n) is 5.40. The molecule has 0 bridgehead atoms. The van der Waals surface area contributed by atoms with Crippen LogP contribution in [0, 0.1) is 0 Å². The second-order valence-corrected chi connectivity index (χ2v) is 3.73. The first-order valence-corrected chi connectivity index (χ1v) is 5.40. The van der Waals surface area contributed by atoms with Gasteiger partial charge in [-0.1, -0.05) is 43.7 Å². The van der Waals surface area contributed by atoms with Crippen LogP contribution < -0.4 is 5.32 Å². The van der Waals surface area contributed by atoms with Crippen molar-refractivity contribution in [2.45, 2.75) is 26.7 Å². The molecule has 0 aliphatic carbocycles. The van der Waals surface area contributed by atoms with E-state index >= 15 is 0 Å². The Bertz CT molecular complexity index is 336. The Hall–Kier alpha value is -1.50. The second kappa shape index (κ2) is 6.07. The maximum atomic E-state index is 4.01. The lowest BCUT2D eigenvalue weighted by Gasteiger charge is -2.06. The quantitative estimate of drug-likeness (QED) is 0.698. The van der Waals surface area contributed by atoms with Crippen LogP contribution >= 0.6 is 0 Å². The van der Waals surface area contributed by atoms with E-state index < -0.39 is 0 Å². The summed E-state index contributed by atoms with van der Waals surface area (Å²) in [4.78, 5) is 0. The zero-order chi connectivity index (χ0) is 11.1. The summed E-state index contributed by atoms with van der Waals surface area (Å²) in [6.45, 7) is 8.24.